The van der Waals surface area contributed by atoms with Crippen molar-refractivity contribution >= 4 is 11.8 Å². The minimum Gasteiger partial charge on any atom is -0.370 e. The van der Waals surface area contributed by atoms with Gasteiger partial charge in [-0.05, 0) is 42.7 Å². The Kier molecular flexibility index (Phi) is 7.14. The minimum absolute atomic E-state index is 0.0208. The average molecular weight is 448 g/mol. The van der Waals surface area contributed by atoms with Crippen molar-refractivity contribution in [3.8, 4) is 0 Å². The van der Waals surface area contributed by atoms with Gasteiger partial charge in [-0.2, -0.15) is 5.10 Å². The van der Waals surface area contributed by atoms with E-state index in [1.165, 1.54) is 5.56 Å². The highest BCUT2D eigenvalue weighted by Crippen LogP contribution is 2.15. The Labute approximate surface area is 193 Å². The first-order valence-corrected chi connectivity index (χ1v) is 11.1. The van der Waals surface area contributed by atoms with Gasteiger partial charge in [0.05, 0.1) is 18.4 Å². The highest BCUT2D eigenvalue weighted by molar-refractivity contribution is 5.95. The Morgan fingerprint density at radius 1 is 1.09 bits per heavy atom. The number of aryl methyl sites for hydroxylation is 2. The van der Waals surface area contributed by atoms with Gasteiger partial charge in [0.15, 0.2) is 0 Å². The second-order valence-electron chi connectivity index (χ2n) is 8.34. The van der Waals surface area contributed by atoms with Crippen LogP contribution in [-0.2, 0) is 29.6 Å². The second kappa shape index (κ2) is 10.4. The molecule has 8 heteroatoms. The lowest BCUT2D eigenvalue weighted by atomic mass is 10.1. The van der Waals surface area contributed by atoms with Gasteiger partial charge in [-0.3, -0.25) is 19.3 Å². The van der Waals surface area contributed by atoms with E-state index < -0.39 is 0 Å². The van der Waals surface area contributed by atoms with Crippen LogP contribution in [0.2, 0.25) is 0 Å². The fraction of sp³-hybridized carbons (Fsp3) is 0.360. The van der Waals surface area contributed by atoms with Gasteiger partial charge in [0.1, 0.15) is 12.2 Å². The number of hydrogen-bond donors (Lipinski definition) is 0. The summed E-state index contributed by atoms with van der Waals surface area (Å²) in [7, 11) is 1.74. The molecule has 0 saturated carbocycles. The minimum atomic E-state index is -0.307. The van der Waals surface area contributed by atoms with Gasteiger partial charge >= 0.3 is 0 Å². The maximum Gasteiger partial charge on any atom is 0.272 e. The molecule has 0 aliphatic carbocycles. The van der Waals surface area contributed by atoms with Crippen LogP contribution < -0.4 is 0 Å². The first-order valence-electron chi connectivity index (χ1n) is 11.1. The number of aromatic nitrogens is 3. The largest absolute Gasteiger partial charge is 0.370 e. The van der Waals surface area contributed by atoms with Crippen molar-refractivity contribution in [2.75, 3.05) is 26.2 Å². The van der Waals surface area contributed by atoms with Gasteiger partial charge in [0.2, 0.25) is 5.91 Å². The average Bonchev–Trinajstić information content (AvgIpc) is 3.08. The molecule has 0 N–H and O–H groups in total. The third-order valence-corrected chi connectivity index (χ3v) is 5.78. The summed E-state index contributed by atoms with van der Waals surface area (Å²) in [5.41, 5.74) is 3.39. The number of carbonyl (C=O) groups excluding carboxylic acids is 2. The molecular formula is C25H29N5O3. The van der Waals surface area contributed by atoms with E-state index in [4.69, 9.17) is 4.74 Å². The van der Waals surface area contributed by atoms with Crippen molar-refractivity contribution in [3.05, 3.63) is 83.4 Å². The zero-order valence-electron chi connectivity index (χ0n) is 19.1. The Balaban J connectivity index is 1.51. The predicted octanol–water partition coefficient (Wildman–Crippen LogP) is 2.24. The van der Waals surface area contributed by atoms with Crippen LogP contribution in [0, 0.1) is 6.92 Å². The van der Waals surface area contributed by atoms with Crippen LogP contribution in [0.5, 0.6) is 0 Å². The molecule has 3 heterocycles. The van der Waals surface area contributed by atoms with Crippen molar-refractivity contribution in [1.82, 2.24) is 24.6 Å². The van der Waals surface area contributed by atoms with Crippen molar-refractivity contribution in [1.29, 1.82) is 0 Å². The normalized spacial score (nSPS) is 16.7. The number of pyridine rings is 1. The third kappa shape index (κ3) is 5.84. The second-order valence-corrected chi connectivity index (χ2v) is 8.34. The van der Waals surface area contributed by atoms with Crippen LogP contribution in [0.1, 0.15) is 27.3 Å². The van der Waals surface area contributed by atoms with E-state index in [-0.39, 0.29) is 24.5 Å². The number of carbonyl (C=O) groups is 2. The summed E-state index contributed by atoms with van der Waals surface area (Å²) in [6.45, 7) is 3.60. The van der Waals surface area contributed by atoms with Crippen LogP contribution in [0.15, 0.2) is 60.9 Å². The molecule has 0 spiro atoms. The van der Waals surface area contributed by atoms with E-state index >= 15 is 0 Å². The fourth-order valence-electron chi connectivity index (χ4n) is 4.03. The molecule has 1 aliphatic heterocycles. The molecule has 1 atom stereocenters. The lowest BCUT2D eigenvalue weighted by Crippen LogP contribution is -2.40. The van der Waals surface area contributed by atoms with Crippen LogP contribution in [-0.4, -0.2) is 68.7 Å². The topological polar surface area (TPSA) is 80.6 Å². The van der Waals surface area contributed by atoms with E-state index in [9.17, 15) is 9.59 Å². The van der Waals surface area contributed by atoms with Crippen LogP contribution in [0.3, 0.4) is 0 Å². The standard InChI is InChI=1S/C25H29N5O3/c1-19-14-23(28(2)27-19)25(32)30-16-22(33-18-21-8-11-26-12-9-21)15-29(24(31)17-30)13-10-20-6-4-3-5-7-20/h3-9,11-12,14,22H,10,13,15-18H2,1-2H3. The van der Waals surface area contributed by atoms with Crippen molar-refractivity contribution < 1.29 is 14.3 Å². The van der Waals surface area contributed by atoms with Gasteiger partial charge in [0.25, 0.3) is 5.91 Å². The molecule has 1 aliphatic rings. The molecular weight excluding hydrogens is 418 g/mol. The maximum atomic E-state index is 13.3. The van der Waals surface area contributed by atoms with Gasteiger partial charge < -0.3 is 14.5 Å². The Morgan fingerprint density at radius 2 is 1.85 bits per heavy atom. The van der Waals surface area contributed by atoms with E-state index in [0.29, 0.717) is 31.9 Å². The molecule has 1 unspecified atom stereocenters. The van der Waals surface area contributed by atoms with E-state index in [0.717, 1.165) is 17.7 Å². The van der Waals surface area contributed by atoms with E-state index in [2.05, 4.69) is 22.2 Å². The molecule has 3 aromatic rings. The van der Waals surface area contributed by atoms with Crippen LogP contribution in [0.25, 0.3) is 0 Å². The Morgan fingerprint density at radius 3 is 2.55 bits per heavy atom. The molecule has 1 aromatic carbocycles. The monoisotopic (exact) mass is 447 g/mol. The van der Waals surface area contributed by atoms with Crippen molar-refractivity contribution in [2.24, 2.45) is 7.05 Å². The molecule has 0 radical (unpaired) electrons. The maximum absolute atomic E-state index is 13.3. The molecule has 2 amide bonds. The fourth-order valence-corrected chi connectivity index (χ4v) is 4.03. The SMILES string of the molecule is Cc1cc(C(=O)N2CC(=O)N(CCc3ccccc3)CC(OCc3ccncc3)C2)n(C)n1. The summed E-state index contributed by atoms with van der Waals surface area (Å²) >= 11 is 0. The Hall–Kier alpha value is -3.52. The number of benzene rings is 1. The van der Waals surface area contributed by atoms with Gasteiger partial charge in [-0.15, -0.1) is 0 Å². The summed E-state index contributed by atoms with van der Waals surface area (Å²) in [5, 5.41) is 4.28. The smallest absolute Gasteiger partial charge is 0.272 e. The quantitative estimate of drug-likeness (QED) is 0.555. The van der Waals surface area contributed by atoms with Gasteiger partial charge in [-0.1, -0.05) is 30.3 Å². The van der Waals surface area contributed by atoms with Crippen molar-refractivity contribution in [2.45, 2.75) is 26.1 Å². The summed E-state index contributed by atoms with van der Waals surface area (Å²) in [6, 6.07) is 15.6. The number of nitrogens with zero attached hydrogens (tertiary/aromatic N) is 5. The number of rotatable bonds is 7. The summed E-state index contributed by atoms with van der Waals surface area (Å²) in [4.78, 5) is 33.8. The molecule has 4 rings (SSSR count). The zero-order valence-corrected chi connectivity index (χ0v) is 19.1. The number of hydrogen-bond acceptors (Lipinski definition) is 5. The van der Waals surface area contributed by atoms with Gasteiger partial charge in [-0.25, -0.2) is 0 Å². The molecule has 8 nitrogen and oxygen atoms in total. The molecule has 172 valence electrons. The first kappa shape index (κ1) is 22.7. The number of amides is 2. The highest BCUT2D eigenvalue weighted by Gasteiger charge is 2.32. The van der Waals surface area contributed by atoms with E-state index in [1.807, 2.05) is 42.2 Å². The first-order chi connectivity index (χ1) is 16.0. The third-order valence-electron chi connectivity index (χ3n) is 5.78. The highest BCUT2D eigenvalue weighted by atomic mass is 16.5. The summed E-state index contributed by atoms with van der Waals surface area (Å²) in [5.74, 6) is -0.290. The van der Waals surface area contributed by atoms with Crippen LogP contribution in [0.4, 0.5) is 0 Å². The summed E-state index contributed by atoms with van der Waals surface area (Å²) in [6.07, 6.45) is 3.89. The predicted molar refractivity (Wildman–Crippen MR) is 123 cm³/mol. The molecule has 33 heavy (non-hydrogen) atoms. The molecule has 1 saturated heterocycles. The van der Waals surface area contributed by atoms with Crippen molar-refractivity contribution in [3.63, 3.8) is 0 Å². The molecule has 2 aromatic heterocycles. The summed E-state index contributed by atoms with van der Waals surface area (Å²) < 4.78 is 7.76. The van der Waals surface area contributed by atoms with E-state index in [1.54, 1.807) is 35.1 Å². The zero-order chi connectivity index (χ0) is 23.2. The number of ether oxygens (including phenoxy) is 1. The lowest BCUT2D eigenvalue weighted by Gasteiger charge is -2.25. The molecule has 0 bridgehead atoms. The van der Waals surface area contributed by atoms with Gasteiger partial charge in [0, 0.05) is 39.1 Å². The Bertz CT molecular complexity index is 1080. The van der Waals surface area contributed by atoms with Crippen LogP contribution >= 0.6 is 0 Å². The molecule has 1 fully saturated rings. The lowest BCUT2D eigenvalue weighted by molar-refractivity contribution is -0.131.